The Hall–Kier alpha value is -2.19. The Bertz CT molecular complexity index is 550. The monoisotopic (exact) mass is 241 g/mol. The van der Waals surface area contributed by atoms with E-state index < -0.39 is 0 Å². The van der Waals surface area contributed by atoms with Gasteiger partial charge in [-0.05, 0) is 24.6 Å². The van der Waals surface area contributed by atoms with Crippen molar-refractivity contribution in [1.82, 2.24) is 20.3 Å². The first-order valence-electron chi connectivity index (χ1n) is 5.77. The molecule has 5 heteroatoms. The molecule has 1 unspecified atom stereocenters. The summed E-state index contributed by atoms with van der Waals surface area (Å²) in [5.74, 6) is 0. The number of aryl methyl sites for hydroxylation is 1. The van der Waals surface area contributed by atoms with Crippen LogP contribution in [0.2, 0.25) is 0 Å². The van der Waals surface area contributed by atoms with E-state index >= 15 is 0 Å². The van der Waals surface area contributed by atoms with Crippen LogP contribution >= 0.6 is 0 Å². The van der Waals surface area contributed by atoms with Crippen LogP contribution in [0.15, 0.2) is 30.5 Å². The second-order valence-electron chi connectivity index (χ2n) is 4.19. The molecule has 5 nitrogen and oxygen atoms in total. The third-order valence-corrected chi connectivity index (χ3v) is 2.94. The molecule has 0 saturated heterocycles. The highest BCUT2D eigenvalue weighted by molar-refractivity contribution is 5.32. The van der Waals surface area contributed by atoms with Crippen molar-refractivity contribution in [2.75, 3.05) is 0 Å². The fourth-order valence-electron chi connectivity index (χ4n) is 1.69. The lowest BCUT2D eigenvalue weighted by Gasteiger charge is -2.14. The van der Waals surface area contributed by atoms with Gasteiger partial charge in [0.25, 0.3) is 0 Å². The number of nitrogens with zero attached hydrogens (tertiary/aromatic N) is 4. The van der Waals surface area contributed by atoms with Crippen molar-refractivity contribution >= 4 is 0 Å². The van der Waals surface area contributed by atoms with Crippen LogP contribution in [0.1, 0.15) is 29.8 Å². The molecule has 0 aliphatic carbocycles. The third kappa shape index (κ3) is 2.73. The van der Waals surface area contributed by atoms with Gasteiger partial charge in [0.05, 0.1) is 23.5 Å². The molecule has 1 aromatic carbocycles. The van der Waals surface area contributed by atoms with Gasteiger partial charge in [-0.25, -0.2) is 0 Å². The lowest BCUT2D eigenvalue weighted by Crippen LogP contribution is -2.19. The van der Waals surface area contributed by atoms with Crippen LogP contribution < -0.4 is 5.32 Å². The number of nitrogens with one attached hydrogen (secondary N) is 1. The highest BCUT2D eigenvalue weighted by atomic mass is 15.4. The molecule has 2 rings (SSSR count). The first-order chi connectivity index (χ1) is 8.70. The Morgan fingerprint density at radius 2 is 2.11 bits per heavy atom. The van der Waals surface area contributed by atoms with Crippen molar-refractivity contribution in [1.29, 1.82) is 5.26 Å². The second kappa shape index (κ2) is 5.43. The predicted octanol–water partition coefficient (Wildman–Crippen LogP) is 1.54. The van der Waals surface area contributed by atoms with Gasteiger partial charge in [-0.15, -0.1) is 5.10 Å². The molecule has 1 N–H and O–H groups in total. The standard InChI is InChI=1S/C13H15N5/c1-10(12-5-3-11(7-14)4-6-12)15-8-13-9-16-17-18(13)2/h3-6,9-10,15H,8H2,1-2H3. The Morgan fingerprint density at radius 3 is 2.67 bits per heavy atom. The Kier molecular flexibility index (Phi) is 3.70. The first-order valence-corrected chi connectivity index (χ1v) is 5.77. The summed E-state index contributed by atoms with van der Waals surface area (Å²) in [4.78, 5) is 0. The number of hydrogen-bond donors (Lipinski definition) is 1. The van der Waals surface area contributed by atoms with Gasteiger partial charge < -0.3 is 5.32 Å². The quantitative estimate of drug-likeness (QED) is 0.881. The van der Waals surface area contributed by atoms with Crippen LogP contribution in [-0.2, 0) is 13.6 Å². The molecule has 0 spiro atoms. The zero-order chi connectivity index (χ0) is 13.0. The fraction of sp³-hybridized carbons (Fsp3) is 0.308. The summed E-state index contributed by atoms with van der Waals surface area (Å²) >= 11 is 0. The van der Waals surface area contributed by atoms with Gasteiger partial charge >= 0.3 is 0 Å². The minimum Gasteiger partial charge on any atom is -0.305 e. The lowest BCUT2D eigenvalue weighted by atomic mass is 10.1. The topological polar surface area (TPSA) is 66.5 Å². The Balaban J connectivity index is 1.97. The van der Waals surface area contributed by atoms with E-state index in [-0.39, 0.29) is 6.04 Å². The number of nitriles is 1. The summed E-state index contributed by atoms with van der Waals surface area (Å²) in [5.41, 5.74) is 2.88. The second-order valence-corrected chi connectivity index (χ2v) is 4.19. The van der Waals surface area contributed by atoms with Crippen LogP contribution in [-0.4, -0.2) is 15.0 Å². The van der Waals surface area contributed by atoms with Gasteiger partial charge in [0, 0.05) is 19.6 Å². The number of benzene rings is 1. The lowest BCUT2D eigenvalue weighted by molar-refractivity contribution is 0.546. The summed E-state index contributed by atoms with van der Waals surface area (Å²) in [6.45, 7) is 2.80. The van der Waals surface area contributed by atoms with E-state index in [9.17, 15) is 0 Å². The van der Waals surface area contributed by atoms with Gasteiger partial charge in [-0.2, -0.15) is 5.26 Å². The first kappa shape index (κ1) is 12.3. The zero-order valence-electron chi connectivity index (χ0n) is 10.5. The van der Waals surface area contributed by atoms with Gasteiger partial charge in [0.2, 0.25) is 0 Å². The smallest absolute Gasteiger partial charge is 0.0991 e. The van der Waals surface area contributed by atoms with Crippen LogP contribution in [0, 0.1) is 11.3 Å². The Labute approximate surface area is 106 Å². The van der Waals surface area contributed by atoms with E-state index in [1.54, 1.807) is 10.9 Å². The van der Waals surface area contributed by atoms with Crippen LogP contribution in [0.3, 0.4) is 0 Å². The molecule has 2 aromatic rings. The average molecular weight is 241 g/mol. The van der Waals surface area contributed by atoms with Crippen LogP contribution in [0.5, 0.6) is 0 Å². The van der Waals surface area contributed by atoms with E-state index in [0.29, 0.717) is 12.1 Å². The third-order valence-electron chi connectivity index (χ3n) is 2.94. The predicted molar refractivity (Wildman–Crippen MR) is 67.4 cm³/mol. The summed E-state index contributed by atoms with van der Waals surface area (Å²) in [7, 11) is 1.87. The van der Waals surface area contributed by atoms with E-state index in [1.165, 1.54) is 0 Å². The molecular formula is C13H15N5. The molecule has 0 aliphatic rings. The molecule has 0 aliphatic heterocycles. The molecule has 1 heterocycles. The number of hydrogen-bond acceptors (Lipinski definition) is 4. The summed E-state index contributed by atoms with van der Waals surface area (Å²) < 4.78 is 1.75. The van der Waals surface area contributed by atoms with E-state index in [2.05, 4.69) is 28.6 Å². The van der Waals surface area contributed by atoms with Crippen LogP contribution in [0.25, 0.3) is 0 Å². The maximum atomic E-state index is 8.74. The van der Waals surface area contributed by atoms with E-state index in [0.717, 1.165) is 11.3 Å². The molecule has 0 bridgehead atoms. The highest BCUT2D eigenvalue weighted by Crippen LogP contribution is 2.13. The molecular weight excluding hydrogens is 226 g/mol. The van der Waals surface area contributed by atoms with Crippen molar-refractivity contribution < 1.29 is 0 Å². The SMILES string of the molecule is CC(NCc1cnnn1C)c1ccc(C#N)cc1. The Morgan fingerprint density at radius 1 is 1.39 bits per heavy atom. The highest BCUT2D eigenvalue weighted by Gasteiger charge is 2.06. The minimum atomic E-state index is 0.215. The maximum Gasteiger partial charge on any atom is 0.0991 e. The van der Waals surface area contributed by atoms with E-state index in [1.807, 2.05) is 31.3 Å². The number of rotatable bonds is 4. The van der Waals surface area contributed by atoms with Gasteiger partial charge in [0.15, 0.2) is 0 Å². The average Bonchev–Trinajstić information content (AvgIpc) is 2.81. The normalized spacial score (nSPS) is 12.1. The molecule has 0 fully saturated rings. The van der Waals surface area contributed by atoms with Crippen molar-refractivity contribution in [2.45, 2.75) is 19.5 Å². The van der Waals surface area contributed by atoms with Crippen molar-refractivity contribution in [3.05, 3.63) is 47.3 Å². The molecule has 92 valence electrons. The van der Waals surface area contributed by atoms with Crippen LogP contribution in [0.4, 0.5) is 0 Å². The summed E-state index contributed by atoms with van der Waals surface area (Å²) in [5, 5.41) is 19.9. The van der Waals surface area contributed by atoms with E-state index in [4.69, 9.17) is 5.26 Å². The van der Waals surface area contributed by atoms with Gasteiger partial charge in [0.1, 0.15) is 0 Å². The molecule has 0 saturated carbocycles. The summed E-state index contributed by atoms with van der Waals surface area (Å²) in [6, 6.07) is 9.93. The number of aromatic nitrogens is 3. The molecule has 18 heavy (non-hydrogen) atoms. The zero-order valence-corrected chi connectivity index (χ0v) is 10.5. The largest absolute Gasteiger partial charge is 0.305 e. The maximum absolute atomic E-state index is 8.74. The molecule has 0 radical (unpaired) electrons. The van der Waals surface area contributed by atoms with Gasteiger partial charge in [-0.3, -0.25) is 4.68 Å². The van der Waals surface area contributed by atoms with Crippen molar-refractivity contribution in [2.24, 2.45) is 7.05 Å². The molecule has 1 aromatic heterocycles. The van der Waals surface area contributed by atoms with Crippen molar-refractivity contribution in [3.8, 4) is 6.07 Å². The molecule has 0 amide bonds. The molecule has 1 atom stereocenters. The minimum absolute atomic E-state index is 0.215. The fourth-order valence-corrected chi connectivity index (χ4v) is 1.69. The summed E-state index contributed by atoms with van der Waals surface area (Å²) in [6.07, 6.45) is 1.75. The van der Waals surface area contributed by atoms with Crippen molar-refractivity contribution in [3.63, 3.8) is 0 Å². The van der Waals surface area contributed by atoms with Gasteiger partial charge in [-0.1, -0.05) is 17.3 Å².